The number of carbonyl (C=O) groups excluding carboxylic acids is 1. The minimum atomic E-state index is -0.0173. The van der Waals surface area contributed by atoms with E-state index in [1.807, 2.05) is 0 Å². The van der Waals surface area contributed by atoms with Gasteiger partial charge in [0, 0.05) is 18.2 Å². The predicted molar refractivity (Wildman–Crippen MR) is 61.7 cm³/mol. The lowest BCUT2D eigenvalue weighted by molar-refractivity contribution is 0.0940. The molecule has 4 nitrogen and oxygen atoms in total. The summed E-state index contributed by atoms with van der Waals surface area (Å²) in [5.41, 5.74) is 0.674. The Balaban J connectivity index is 1.97. The van der Waals surface area contributed by atoms with Crippen LogP contribution in [0.15, 0.2) is 24.3 Å². The third kappa shape index (κ3) is 2.52. The van der Waals surface area contributed by atoms with Gasteiger partial charge in [-0.2, -0.15) is 0 Å². The molecule has 0 bridgehead atoms. The van der Waals surface area contributed by atoms with Gasteiger partial charge in [0.05, 0.1) is 7.11 Å². The fraction of sp³-hybridized carbons (Fsp3) is 0.417. The third-order valence-corrected chi connectivity index (χ3v) is 2.75. The molecule has 2 rings (SSSR count). The van der Waals surface area contributed by atoms with Gasteiger partial charge in [-0.15, -0.1) is 0 Å². The molecule has 0 spiro atoms. The SMILES string of the molecule is COc1ccc(C(=O)N[C@H]2CCNC2)cc1. The molecule has 1 aliphatic rings. The van der Waals surface area contributed by atoms with Crippen LogP contribution >= 0.6 is 0 Å². The summed E-state index contributed by atoms with van der Waals surface area (Å²) < 4.78 is 5.04. The van der Waals surface area contributed by atoms with Crippen molar-refractivity contribution in [3.63, 3.8) is 0 Å². The standard InChI is InChI=1S/C12H16N2O2/c1-16-11-4-2-9(3-5-11)12(15)14-10-6-7-13-8-10/h2-5,10,13H,6-8H2,1H3,(H,14,15)/t10-/m0/s1. The number of rotatable bonds is 3. The molecule has 1 saturated heterocycles. The fourth-order valence-electron chi connectivity index (χ4n) is 1.79. The molecule has 1 fully saturated rings. The van der Waals surface area contributed by atoms with E-state index in [0.29, 0.717) is 5.56 Å². The van der Waals surface area contributed by atoms with Crippen molar-refractivity contribution in [3.8, 4) is 5.75 Å². The zero-order chi connectivity index (χ0) is 11.4. The average Bonchev–Trinajstić information content (AvgIpc) is 2.82. The first-order valence-electron chi connectivity index (χ1n) is 5.45. The maximum absolute atomic E-state index is 11.8. The predicted octanol–water partition coefficient (Wildman–Crippen LogP) is 0.787. The number of benzene rings is 1. The first kappa shape index (κ1) is 11.0. The number of ether oxygens (including phenoxy) is 1. The molecule has 0 radical (unpaired) electrons. The smallest absolute Gasteiger partial charge is 0.251 e. The Hall–Kier alpha value is -1.55. The van der Waals surface area contributed by atoms with Gasteiger partial charge in [-0.25, -0.2) is 0 Å². The number of methoxy groups -OCH3 is 1. The van der Waals surface area contributed by atoms with Crippen molar-refractivity contribution >= 4 is 5.91 Å². The summed E-state index contributed by atoms with van der Waals surface area (Å²) in [4.78, 5) is 11.8. The van der Waals surface area contributed by atoms with Crippen LogP contribution < -0.4 is 15.4 Å². The summed E-state index contributed by atoms with van der Waals surface area (Å²) in [6.07, 6.45) is 1.00. The lowest BCUT2D eigenvalue weighted by Crippen LogP contribution is -2.36. The van der Waals surface area contributed by atoms with E-state index >= 15 is 0 Å². The molecule has 0 aromatic heterocycles. The summed E-state index contributed by atoms with van der Waals surface area (Å²) in [6, 6.07) is 7.39. The van der Waals surface area contributed by atoms with Gasteiger partial charge >= 0.3 is 0 Å². The Kier molecular flexibility index (Phi) is 3.41. The van der Waals surface area contributed by atoms with Crippen molar-refractivity contribution in [3.05, 3.63) is 29.8 Å². The highest BCUT2D eigenvalue weighted by molar-refractivity contribution is 5.94. The van der Waals surface area contributed by atoms with Crippen molar-refractivity contribution in [1.82, 2.24) is 10.6 Å². The molecule has 2 N–H and O–H groups in total. The Morgan fingerprint density at radius 2 is 2.19 bits per heavy atom. The largest absolute Gasteiger partial charge is 0.497 e. The van der Waals surface area contributed by atoms with Gasteiger partial charge in [-0.1, -0.05) is 0 Å². The highest BCUT2D eigenvalue weighted by atomic mass is 16.5. The summed E-state index contributed by atoms with van der Waals surface area (Å²) in [5.74, 6) is 0.746. The lowest BCUT2D eigenvalue weighted by Gasteiger charge is -2.11. The average molecular weight is 220 g/mol. The monoisotopic (exact) mass is 220 g/mol. The molecule has 1 amide bonds. The van der Waals surface area contributed by atoms with Gasteiger partial charge in [-0.3, -0.25) is 4.79 Å². The number of amides is 1. The van der Waals surface area contributed by atoms with Crippen molar-refractivity contribution in [2.45, 2.75) is 12.5 Å². The normalized spacial score (nSPS) is 19.4. The summed E-state index contributed by atoms with van der Waals surface area (Å²) in [5, 5.41) is 6.20. The van der Waals surface area contributed by atoms with Crippen LogP contribution in [0.3, 0.4) is 0 Å². The molecule has 1 aliphatic heterocycles. The van der Waals surface area contributed by atoms with Crippen LogP contribution in [0, 0.1) is 0 Å². The summed E-state index contributed by atoms with van der Waals surface area (Å²) >= 11 is 0. The minimum Gasteiger partial charge on any atom is -0.497 e. The van der Waals surface area contributed by atoms with Crippen molar-refractivity contribution in [1.29, 1.82) is 0 Å². The fourth-order valence-corrected chi connectivity index (χ4v) is 1.79. The van der Waals surface area contributed by atoms with E-state index in [2.05, 4.69) is 10.6 Å². The van der Waals surface area contributed by atoms with E-state index in [1.165, 1.54) is 0 Å². The number of carbonyl (C=O) groups is 1. The highest BCUT2D eigenvalue weighted by Gasteiger charge is 2.17. The molecule has 1 aromatic carbocycles. The molecule has 16 heavy (non-hydrogen) atoms. The minimum absolute atomic E-state index is 0.0173. The first-order chi connectivity index (χ1) is 7.79. The Morgan fingerprint density at radius 3 is 2.75 bits per heavy atom. The number of nitrogens with one attached hydrogen (secondary N) is 2. The number of hydrogen-bond donors (Lipinski definition) is 2. The van der Waals surface area contributed by atoms with Gasteiger partial charge < -0.3 is 15.4 Å². The van der Waals surface area contributed by atoms with Crippen LogP contribution in [0.2, 0.25) is 0 Å². The van der Waals surface area contributed by atoms with Gasteiger partial charge in [0.25, 0.3) is 5.91 Å². The first-order valence-corrected chi connectivity index (χ1v) is 5.45. The van der Waals surface area contributed by atoms with Crippen LogP contribution in [0.1, 0.15) is 16.8 Å². The van der Waals surface area contributed by atoms with Crippen molar-refractivity contribution < 1.29 is 9.53 Å². The molecule has 0 unspecified atom stereocenters. The Morgan fingerprint density at radius 1 is 1.44 bits per heavy atom. The van der Waals surface area contributed by atoms with Crippen LogP contribution in [-0.2, 0) is 0 Å². The maximum atomic E-state index is 11.8. The quantitative estimate of drug-likeness (QED) is 0.791. The van der Waals surface area contributed by atoms with E-state index in [9.17, 15) is 4.79 Å². The van der Waals surface area contributed by atoms with Crippen LogP contribution in [-0.4, -0.2) is 32.1 Å². The molecule has 86 valence electrons. The molecular weight excluding hydrogens is 204 g/mol. The second-order valence-corrected chi connectivity index (χ2v) is 3.89. The lowest BCUT2D eigenvalue weighted by atomic mass is 10.2. The third-order valence-electron chi connectivity index (χ3n) is 2.75. The summed E-state index contributed by atoms with van der Waals surface area (Å²) in [6.45, 7) is 1.84. The van der Waals surface area contributed by atoms with E-state index in [1.54, 1.807) is 31.4 Å². The van der Waals surface area contributed by atoms with Crippen LogP contribution in [0.5, 0.6) is 5.75 Å². The Bertz CT molecular complexity index is 356. The molecule has 0 saturated carbocycles. The van der Waals surface area contributed by atoms with Gasteiger partial charge in [0.15, 0.2) is 0 Å². The van der Waals surface area contributed by atoms with E-state index in [-0.39, 0.29) is 11.9 Å². The van der Waals surface area contributed by atoms with E-state index in [0.717, 1.165) is 25.3 Å². The second kappa shape index (κ2) is 4.99. The zero-order valence-electron chi connectivity index (χ0n) is 9.32. The Labute approximate surface area is 95.0 Å². The molecule has 1 heterocycles. The molecule has 1 aromatic rings. The van der Waals surface area contributed by atoms with E-state index < -0.39 is 0 Å². The van der Waals surface area contributed by atoms with Gasteiger partial charge in [0.2, 0.25) is 0 Å². The summed E-state index contributed by atoms with van der Waals surface area (Å²) in [7, 11) is 1.61. The molecule has 0 aliphatic carbocycles. The van der Waals surface area contributed by atoms with Gasteiger partial charge in [-0.05, 0) is 37.2 Å². The highest BCUT2D eigenvalue weighted by Crippen LogP contribution is 2.11. The van der Waals surface area contributed by atoms with Crippen LogP contribution in [0.4, 0.5) is 0 Å². The molecule has 1 atom stereocenters. The maximum Gasteiger partial charge on any atom is 0.251 e. The van der Waals surface area contributed by atoms with E-state index in [4.69, 9.17) is 4.74 Å². The van der Waals surface area contributed by atoms with Gasteiger partial charge in [0.1, 0.15) is 5.75 Å². The number of hydrogen-bond acceptors (Lipinski definition) is 3. The second-order valence-electron chi connectivity index (χ2n) is 3.89. The van der Waals surface area contributed by atoms with Crippen LogP contribution in [0.25, 0.3) is 0 Å². The molecular formula is C12H16N2O2. The van der Waals surface area contributed by atoms with Crippen molar-refractivity contribution in [2.75, 3.05) is 20.2 Å². The molecule has 4 heteroatoms. The van der Waals surface area contributed by atoms with Crippen molar-refractivity contribution in [2.24, 2.45) is 0 Å². The zero-order valence-corrected chi connectivity index (χ0v) is 9.32. The topological polar surface area (TPSA) is 50.4 Å².